The summed E-state index contributed by atoms with van der Waals surface area (Å²) in [4.78, 5) is 22.7. The molecule has 1 aliphatic heterocycles. The van der Waals surface area contributed by atoms with Crippen LogP contribution in [-0.2, 0) is 6.54 Å². The predicted octanol–water partition coefficient (Wildman–Crippen LogP) is 3.81. The van der Waals surface area contributed by atoms with Crippen LogP contribution in [0.1, 0.15) is 28.6 Å². The number of aromatic hydroxyl groups is 1. The summed E-state index contributed by atoms with van der Waals surface area (Å²) in [6, 6.07) is 19.1. The van der Waals surface area contributed by atoms with Crippen LogP contribution in [0.5, 0.6) is 5.75 Å². The zero-order valence-corrected chi connectivity index (χ0v) is 19.2. The Hall–Kier alpha value is -3.84. The van der Waals surface area contributed by atoms with Gasteiger partial charge >= 0.3 is 0 Å². The number of nitrogens with zero attached hydrogens (tertiary/aromatic N) is 4. The zero-order chi connectivity index (χ0) is 23.5. The minimum Gasteiger partial charge on any atom is -0.507 e. The van der Waals surface area contributed by atoms with E-state index in [-0.39, 0.29) is 11.3 Å². The highest BCUT2D eigenvalue weighted by molar-refractivity contribution is 5.47. The number of aromatic nitrogens is 2. The number of piperazine rings is 1. The van der Waals surface area contributed by atoms with E-state index in [1.54, 1.807) is 29.3 Å². The molecule has 1 saturated heterocycles. The van der Waals surface area contributed by atoms with Gasteiger partial charge in [0.15, 0.2) is 0 Å². The van der Waals surface area contributed by atoms with Gasteiger partial charge in [-0.15, -0.1) is 0 Å². The molecule has 1 aliphatic rings. The lowest BCUT2D eigenvalue weighted by atomic mass is 9.97. The van der Waals surface area contributed by atoms with Gasteiger partial charge in [0.1, 0.15) is 11.5 Å². The van der Waals surface area contributed by atoms with Crippen molar-refractivity contribution in [2.45, 2.75) is 19.5 Å². The Morgan fingerprint density at radius 3 is 2.50 bits per heavy atom. The molecular formula is C27H28N4O3. The zero-order valence-electron chi connectivity index (χ0n) is 19.2. The van der Waals surface area contributed by atoms with Gasteiger partial charge in [-0.3, -0.25) is 14.7 Å². The summed E-state index contributed by atoms with van der Waals surface area (Å²) in [6.07, 6.45) is 5.10. The molecule has 1 fully saturated rings. The van der Waals surface area contributed by atoms with Crippen molar-refractivity contribution in [2.75, 3.05) is 31.1 Å². The van der Waals surface area contributed by atoms with Crippen molar-refractivity contribution in [1.29, 1.82) is 0 Å². The summed E-state index contributed by atoms with van der Waals surface area (Å²) in [6.45, 7) is 5.29. The molecule has 5 rings (SSSR count). The van der Waals surface area contributed by atoms with Crippen LogP contribution in [0.2, 0.25) is 0 Å². The molecule has 0 amide bonds. The molecule has 1 unspecified atom stereocenters. The molecule has 0 aliphatic carbocycles. The van der Waals surface area contributed by atoms with E-state index >= 15 is 0 Å². The molecule has 7 heteroatoms. The van der Waals surface area contributed by atoms with Crippen LogP contribution in [0.4, 0.5) is 5.69 Å². The van der Waals surface area contributed by atoms with Crippen molar-refractivity contribution in [1.82, 2.24) is 14.5 Å². The first-order chi connectivity index (χ1) is 16.6. The Morgan fingerprint density at radius 2 is 1.82 bits per heavy atom. The molecule has 0 bridgehead atoms. The lowest BCUT2D eigenvalue weighted by Crippen LogP contribution is -2.49. The normalized spacial score (nSPS) is 15.4. The van der Waals surface area contributed by atoms with Gasteiger partial charge in [0.2, 0.25) is 0 Å². The maximum atomic E-state index is 13.8. The molecular weight excluding hydrogens is 428 g/mol. The van der Waals surface area contributed by atoms with Crippen LogP contribution in [0.15, 0.2) is 88.5 Å². The molecule has 1 N–H and O–H groups in total. The summed E-state index contributed by atoms with van der Waals surface area (Å²) >= 11 is 0. The average Bonchev–Trinajstić information content (AvgIpc) is 3.39. The third-order valence-corrected chi connectivity index (χ3v) is 6.49. The van der Waals surface area contributed by atoms with E-state index in [1.165, 1.54) is 5.69 Å². The fourth-order valence-electron chi connectivity index (χ4n) is 4.76. The number of aryl methyl sites for hydroxylation is 1. The lowest BCUT2D eigenvalue weighted by Gasteiger charge is -2.40. The molecule has 3 aromatic heterocycles. The Balaban J connectivity index is 1.52. The Bertz CT molecular complexity index is 1280. The standard InChI is InChI=1S/C27H28N4O3/c1-20-17-24(32)25(27(33)31(20)19-23-10-6-16-34-23)26(21-7-5-11-28-18-21)30-14-12-29(13-15-30)22-8-3-2-4-9-22/h2-11,16-18,26,32H,12-15,19H2,1H3. The number of hydrogen-bond donors (Lipinski definition) is 1. The van der Waals surface area contributed by atoms with E-state index < -0.39 is 6.04 Å². The van der Waals surface area contributed by atoms with Crippen molar-refractivity contribution in [3.8, 4) is 5.75 Å². The molecule has 7 nitrogen and oxygen atoms in total. The van der Waals surface area contributed by atoms with Crippen LogP contribution in [0, 0.1) is 6.92 Å². The van der Waals surface area contributed by atoms with E-state index in [4.69, 9.17) is 4.42 Å². The monoisotopic (exact) mass is 456 g/mol. The van der Waals surface area contributed by atoms with Crippen LogP contribution in [0.3, 0.4) is 0 Å². The predicted molar refractivity (Wildman–Crippen MR) is 131 cm³/mol. The van der Waals surface area contributed by atoms with Crippen LogP contribution >= 0.6 is 0 Å². The number of anilines is 1. The summed E-state index contributed by atoms with van der Waals surface area (Å²) in [5.74, 6) is 0.703. The number of hydrogen-bond acceptors (Lipinski definition) is 6. The summed E-state index contributed by atoms with van der Waals surface area (Å²) < 4.78 is 7.15. The Morgan fingerprint density at radius 1 is 1.03 bits per heavy atom. The van der Waals surface area contributed by atoms with Crippen molar-refractivity contribution < 1.29 is 9.52 Å². The molecule has 0 saturated carbocycles. The maximum absolute atomic E-state index is 13.8. The van der Waals surface area contributed by atoms with Gasteiger partial charge < -0.3 is 19.0 Å². The topological polar surface area (TPSA) is 74.7 Å². The maximum Gasteiger partial charge on any atom is 0.260 e. The van der Waals surface area contributed by atoms with E-state index in [0.717, 1.165) is 31.7 Å². The van der Waals surface area contributed by atoms with Gasteiger partial charge in [-0.2, -0.15) is 0 Å². The summed E-state index contributed by atoms with van der Waals surface area (Å²) in [7, 11) is 0. The number of para-hydroxylation sites is 1. The van der Waals surface area contributed by atoms with E-state index in [1.807, 2.05) is 49.4 Å². The Kier molecular flexibility index (Phi) is 6.18. The minimum absolute atomic E-state index is 0.0116. The summed E-state index contributed by atoms with van der Waals surface area (Å²) in [5, 5.41) is 11.0. The van der Waals surface area contributed by atoms with E-state index in [9.17, 15) is 9.90 Å². The third kappa shape index (κ3) is 4.34. The summed E-state index contributed by atoms with van der Waals surface area (Å²) in [5.41, 5.74) is 2.92. The number of benzene rings is 1. The minimum atomic E-state index is -0.400. The van der Waals surface area contributed by atoms with E-state index in [2.05, 4.69) is 26.9 Å². The van der Waals surface area contributed by atoms with Crippen molar-refractivity contribution in [2.24, 2.45) is 0 Å². The van der Waals surface area contributed by atoms with Gasteiger partial charge in [-0.25, -0.2) is 0 Å². The van der Waals surface area contributed by atoms with Crippen molar-refractivity contribution in [3.05, 3.63) is 112 Å². The lowest BCUT2D eigenvalue weighted by molar-refractivity contribution is 0.207. The first kappa shape index (κ1) is 22.0. The SMILES string of the molecule is Cc1cc(O)c(C(c2cccnc2)N2CCN(c3ccccc3)CC2)c(=O)n1Cc1ccco1. The van der Waals surface area contributed by atoms with Gasteiger partial charge in [0.25, 0.3) is 5.56 Å². The first-order valence-corrected chi connectivity index (χ1v) is 11.5. The molecule has 0 radical (unpaired) electrons. The van der Waals surface area contributed by atoms with Gasteiger partial charge in [0, 0.05) is 50.0 Å². The number of furan rings is 1. The van der Waals surface area contributed by atoms with Crippen LogP contribution in [0.25, 0.3) is 0 Å². The van der Waals surface area contributed by atoms with Crippen LogP contribution < -0.4 is 10.5 Å². The van der Waals surface area contributed by atoms with Crippen molar-refractivity contribution in [3.63, 3.8) is 0 Å². The number of rotatable bonds is 6. The second-order valence-electron chi connectivity index (χ2n) is 8.60. The number of pyridine rings is 2. The van der Waals surface area contributed by atoms with Crippen LogP contribution in [-0.4, -0.2) is 45.7 Å². The molecule has 1 atom stereocenters. The molecule has 4 aromatic rings. The second-order valence-corrected chi connectivity index (χ2v) is 8.60. The van der Waals surface area contributed by atoms with Gasteiger partial charge in [-0.05, 0) is 48.9 Å². The van der Waals surface area contributed by atoms with Gasteiger partial charge in [0.05, 0.1) is 24.4 Å². The van der Waals surface area contributed by atoms with Gasteiger partial charge in [-0.1, -0.05) is 24.3 Å². The third-order valence-electron chi connectivity index (χ3n) is 6.49. The van der Waals surface area contributed by atoms with Crippen molar-refractivity contribution >= 4 is 5.69 Å². The second kappa shape index (κ2) is 9.57. The highest BCUT2D eigenvalue weighted by atomic mass is 16.3. The molecule has 174 valence electrons. The highest BCUT2D eigenvalue weighted by Crippen LogP contribution is 2.33. The highest BCUT2D eigenvalue weighted by Gasteiger charge is 2.31. The average molecular weight is 457 g/mol. The molecule has 0 spiro atoms. The fourth-order valence-corrected chi connectivity index (χ4v) is 4.76. The molecule has 4 heterocycles. The Labute approximate surface area is 198 Å². The fraction of sp³-hybridized carbons (Fsp3) is 0.259. The largest absolute Gasteiger partial charge is 0.507 e. The molecule has 34 heavy (non-hydrogen) atoms. The molecule has 1 aromatic carbocycles. The quantitative estimate of drug-likeness (QED) is 0.476. The van der Waals surface area contributed by atoms with E-state index in [0.29, 0.717) is 23.6 Å². The smallest absolute Gasteiger partial charge is 0.260 e. The first-order valence-electron chi connectivity index (χ1n) is 11.5.